The fraction of sp³-hybridized carbons (Fsp3) is 0.500. The number of carbonyl (C=O) groups is 1. The molecule has 1 unspecified atom stereocenters. The summed E-state index contributed by atoms with van der Waals surface area (Å²) in [6.45, 7) is 2.74. The molecule has 0 radical (unpaired) electrons. The molecule has 5 heteroatoms. The van der Waals surface area contributed by atoms with Gasteiger partial charge in [0.15, 0.2) is 0 Å². The molecule has 4 nitrogen and oxygen atoms in total. The largest absolute Gasteiger partial charge is 0.381 e. The molecule has 1 fully saturated rings. The van der Waals surface area contributed by atoms with E-state index < -0.39 is 0 Å². The lowest BCUT2D eigenvalue weighted by atomic mass is 10.0. The number of halogens is 1. The Morgan fingerprint density at radius 1 is 1.42 bits per heavy atom. The van der Waals surface area contributed by atoms with Crippen molar-refractivity contribution in [3.63, 3.8) is 0 Å². The van der Waals surface area contributed by atoms with Gasteiger partial charge in [0.2, 0.25) is 0 Å². The van der Waals surface area contributed by atoms with Gasteiger partial charge in [-0.25, -0.2) is 4.79 Å². The second-order valence-corrected chi connectivity index (χ2v) is 5.21. The molecule has 1 atom stereocenters. The van der Waals surface area contributed by atoms with Gasteiger partial charge in [-0.2, -0.15) is 0 Å². The van der Waals surface area contributed by atoms with E-state index in [4.69, 9.17) is 16.3 Å². The maximum atomic E-state index is 11.6. The molecule has 1 aliphatic rings. The predicted octanol–water partition coefficient (Wildman–Crippen LogP) is 2.57. The highest BCUT2D eigenvalue weighted by Gasteiger charge is 2.14. The van der Waals surface area contributed by atoms with E-state index in [0.717, 1.165) is 31.6 Å². The molecule has 2 amide bonds. The van der Waals surface area contributed by atoms with Crippen molar-refractivity contribution in [2.75, 3.05) is 19.8 Å². The number of rotatable bonds is 4. The summed E-state index contributed by atoms with van der Waals surface area (Å²) in [6, 6.07) is 7.31. The molecule has 1 heterocycles. The van der Waals surface area contributed by atoms with Crippen LogP contribution in [0.3, 0.4) is 0 Å². The van der Waals surface area contributed by atoms with E-state index in [2.05, 4.69) is 10.6 Å². The normalized spacial score (nSPS) is 18.9. The van der Waals surface area contributed by atoms with Crippen LogP contribution < -0.4 is 10.6 Å². The summed E-state index contributed by atoms with van der Waals surface area (Å²) < 4.78 is 5.37. The van der Waals surface area contributed by atoms with E-state index in [0.29, 0.717) is 24.0 Å². The smallest absolute Gasteiger partial charge is 0.315 e. The van der Waals surface area contributed by atoms with Gasteiger partial charge in [-0.1, -0.05) is 23.7 Å². The first-order valence-electron chi connectivity index (χ1n) is 6.58. The summed E-state index contributed by atoms with van der Waals surface area (Å²) in [4.78, 5) is 11.6. The Bertz CT molecular complexity index is 420. The van der Waals surface area contributed by atoms with Crippen molar-refractivity contribution >= 4 is 17.6 Å². The van der Waals surface area contributed by atoms with Crippen LogP contribution in [0.5, 0.6) is 0 Å². The quantitative estimate of drug-likeness (QED) is 0.892. The van der Waals surface area contributed by atoms with Crippen LogP contribution in [0, 0.1) is 5.92 Å². The number of hydrogen-bond donors (Lipinski definition) is 2. The number of benzene rings is 1. The summed E-state index contributed by atoms with van der Waals surface area (Å²) in [7, 11) is 0. The third-order valence-electron chi connectivity index (χ3n) is 3.15. The first kappa shape index (κ1) is 14.2. The zero-order valence-corrected chi connectivity index (χ0v) is 11.6. The summed E-state index contributed by atoms with van der Waals surface area (Å²) in [5.74, 6) is 0.436. The van der Waals surface area contributed by atoms with Gasteiger partial charge in [-0.3, -0.25) is 0 Å². The minimum absolute atomic E-state index is 0.148. The summed E-state index contributed by atoms with van der Waals surface area (Å²) in [5, 5.41) is 6.37. The summed E-state index contributed by atoms with van der Waals surface area (Å²) in [5.41, 5.74) is 0.989. The number of ether oxygens (including phenoxy) is 1. The van der Waals surface area contributed by atoms with E-state index >= 15 is 0 Å². The van der Waals surface area contributed by atoms with Gasteiger partial charge in [0, 0.05) is 24.7 Å². The molecule has 1 aliphatic heterocycles. The molecule has 0 bridgehead atoms. The third kappa shape index (κ3) is 5.09. The maximum absolute atomic E-state index is 11.6. The van der Waals surface area contributed by atoms with Gasteiger partial charge in [0.25, 0.3) is 0 Å². The van der Waals surface area contributed by atoms with Crippen LogP contribution in [0.4, 0.5) is 4.79 Å². The highest BCUT2D eigenvalue weighted by molar-refractivity contribution is 6.30. The van der Waals surface area contributed by atoms with Gasteiger partial charge in [-0.15, -0.1) is 0 Å². The van der Waals surface area contributed by atoms with E-state index in [1.54, 1.807) is 0 Å². The first-order valence-corrected chi connectivity index (χ1v) is 6.96. The lowest BCUT2D eigenvalue weighted by Crippen LogP contribution is -2.39. The zero-order valence-electron chi connectivity index (χ0n) is 10.8. The van der Waals surface area contributed by atoms with Crippen LogP contribution in [0.15, 0.2) is 24.3 Å². The monoisotopic (exact) mass is 282 g/mol. The number of nitrogens with one attached hydrogen (secondary N) is 2. The molecule has 104 valence electrons. The summed E-state index contributed by atoms with van der Waals surface area (Å²) in [6.07, 6.45) is 2.20. The molecule has 1 aromatic carbocycles. The lowest BCUT2D eigenvalue weighted by Gasteiger charge is -2.22. The predicted molar refractivity (Wildman–Crippen MR) is 75.2 cm³/mol. The first-order chi connectivity index (χ1) is 9.24. The van der Waals surface area contributed by atoms with Gasteiger partial charge in [-0.05, 0) is 36.5 Å². The van der Waals surface area contributed by atoms with E-state index in [9.17, 15) is 4.79 Å². The molecule has 0 saturated carbocycles. The molecule has 2 rings (SSSR count). The average Bonchev–Trinajstić information content (AvgIpc) is 2.44. The number of carbonyl (C=O) groups excluding carboxylic acids is 1. The Morgan fingerprint density at radius 3 is 3.05 bits per heavy atom. The molecule has 1 saturated heterocycles. The molecular formula is C14H19ClN2O2. The fourth-order valence-corrected chi connectivity index (χ4v) is 2.31. The maximum Gasteiger partial charge on any atom is 0.315 e. The molecule has 0 aromatic heterocycles. The van der Waals surface area contributed by atoms with Crippen molar-refractivity contribution in [1.82, 2.24) is 10.6 Å². The number of amides is 2. The van der Waals surface area contributed by atoms with Crippen molar-refractivity contribution in [2.45, 2.75) is 19.4 Å². The highest BCUT2D eigenvalue weighted by atomic mass is 35.5. The van der Waals surface area contributed by atoms with Gasteiger partial charge in [0.1, 0.15) is 0 Å². The molecule has 0 aliphatic carbocycles. The molecule has 0 spiro atoms. The van der Waals surface area contributed by atoms with Crippen molar-refractivity contribution in [3.05, 3.63) is 34.9 Å². The second-order valence-electron chi connectivity index (χ2n) is 4.78. The summed E-state index contributed by atoms with van der Waals surface area (Å²) >= 11 is 5.88. The van der Waals surface area contributed by atoms with E-state index in [1.807, 2.05) is 24.3 Å². The highest BCUT2D eigenvalue weighted by Crippen LogP contribution is 2.12. The Hall–Kier alpha value is -1.26. The Balaban J connectivity index is 1.66. The lowest BCUT2D eigenvalue weighted by molar-refractivity contribution is 0.0557. The van der Waals surface area contributed by atoms with Crippen LogP contribution in [0.25, 0.3) is 0 Å². The van der Waals surface area contributed by atoms with Gasteiger partial charge >= 0.3 is 6.03 Å². The van der Waals surface area contributed by atoms with Crippen molar-refractivity contribution in [1.29, 1.82) is 0 Å². The SMILES string of the molecule is O=C(NCc1cccc(Cl)c1)NCC1CCCOC1. The molecule has 2 N–H and O–H groups in total. The van der Waals surface area contributed by atoms with Crippen LogP contribution in [0.2, 0.25) is 5.02 Å². The number of urea groups is 1. The molecular weight excluding hydrogens is 264 g/mol. The van der Waals surface area contributed by atoms with Crippen LogP contribution in [-0.4, -0.2) is 25.8 Å². The van der Waals surface area contributed by atoms with Gasteiger partial charge in [0.05, 0.1) is 6.61 Å². The molecule has 19 heavy (non-hydrogen) atoms. The Morgan fingerprint density at radius 2 is 2.32 bits per heavy atom. The Kier molecular flexibility index (Phi) is 5.48. The molecule has 1 aromatic rings. The minimum Gasteiger partial charge on any atom is -0.381 e. The fourth-order valence-electron chi connectivity index (χ4n) is 2.10. The van der Waals surface area contributed by atoms with Crippen LogP contribution in [0.1, 0.15) is 18.4 Å². The topological polar surface area (TPSA) is 50.4 Å². The van der Waals surface area contributed by atoms with Crippen LogP contribution in [-0.2, 0) is 11.3 Å². The number of hydrogen-bond acceptors (Lipinski definition) is 2. The Labute approximate surface area is 118 Å². The minimum atomic E-state index is -0.148. The van der Waals surface area contributed by atoms with E-state index in [-0.39, 0.29) is 6.03 Å². The zero-order chi connectivity index (χ0) is 13.5. The van der Waals surface area contributed by atoms with Crippen molar-refractivity contribution in [3.8, 4) is 0 Å². The van der Waals surface area contributed by atoms with Crippen molar-refractivity contribution in [2.24, 2.45) is 5.92 Å². The standard InChI is InChI=1S/C14H19ClN2O2/c15-13-5-1-3-11(7-13)8-16-14(18)17-9-12-4-2-6-19-10-12/h1,3,5,7,12H,2,4,6,8-10H2,(H2,16,17,18). The van der Waals surface area contributed by atoms with Gasteiger partial charge < -0.3 is 15.4 Å². The third-order valence-corrected chi connectivity index (χ3v) is 3.38. The van der Waals surface area contributed by atoms with Crippen molar-refractivity contribution < 1.29 is 9.53 Å². The van der Waals surface area contributed by atoms with Crippen LogP contribution >= 0.6 is 11.6 Å². The van der Waals surface area contributed by atoms with E-state index in [1.165, 1.54) is 0 Å². The second kappa shape index (κ2) is 7.36. The average molecular weight is 283 g/mol.